The lowest BCUT2D eigenvalue weighted by atomic mass is 9.75. The summed E-state index contributed by atoms with van der Waals surface area (Å²) in [7, 11) is 2.31. The summed E-state index contributed by atoms with van der Waals surface area (Å²) in [6.45, 7) is 3.01. The molecule has 3 aliphatic heterocycles. The normalized spacial score (nSPS) is 31.3. The van der Waals surface area contributed by atoms with Crippen molar-refractivity contribution in [1.29, 1.82) is 0 Å². The third-order valence-electron chi connectivity index (χ3n) is 8.00. The average molecular weight is 628 g/mol. The van der Waals surface area contributed by atoms with E-state index in [0.29, 0.717) is 29.4 Å². The Morgan fingerprint density at radius 1 is 1.17 bits per heavy atom. The minimum Gasteiger partial charge on any atom is -1.00 e. The summed E-state index contributed by atoms with van der Waals surface area (Å²) in [5.41, 5.74) is 2.34. The molecule has 6 unspecified atom stereocenters. The van der Waals surface area contributed by atoms with Crippen LogP contribution < -0.4 is 24.0 Å². The Bertz CT molecular complexity index is 1060. The molecule has 0 aliphatic carbocycles. The summed E-state index contributed by atoms with van der Waals surface area (Å²) in [6.07, 6.45) is 3.91. The first-order valence-corrected chi connectivity index (χ1v) is 13.5. The van der Waals surface area contributed by atoms with Gasteiger partial charge in [0.15, 0.2) is 0 Å². The van der Waals surface area contributed by atoms with Gasteiger partial charge in [-0.05, 0) is 18.6 Å². The maximum atomic E-state index is 14.2. The monoisotopic (exact) mass is 627 g/mol. The number of likely N-dealkylation sites (N-methyl/N-ethyl adjacent to an activating group) is 1. The molecule has 3 fully saturated rings. The van der Waals surface area contributed by atoms with E-state index in [1.54, 1.807) is 23.6 Å². The molecule has 9 heteroatoms. The van der Waals surface area contributed by atoms with Crippen LogP contribution in [0.4, 0.5) is 0 Å². The molecule has 1 aromatic heterocycles. The number of thioether (sulfide) groups is 1. The van der Waals surface area contributed by atoms with Crippen LogP contribution in [0.15, 0.2) is 48.7 Å². The van der Waals surface area contributed by atoms with Crippen molar-refractivity contribution in [3.63, 3.8) is 0 Å². The number of nitrogens with zero attached hydrogens (tertiary/aromatic N) is 3. The second kappa shape index (κ2) is 10.9. The third kappa shape index (κ3) is 4.83. The van der Waals surface area contributed by atoms with Crippen LogP contribution in [0, 0.1) is 5.92 Å². The van der Waals surface area contributed by atoms with Gasteiger partial charge in [-0.3, -0.25) is 4.79 Å². The van der Waals surface area contributed by atoms with Crippen LogP contribution in [0.1, 0.15) is 36.8 Å². The van der Waals surface area contributed by atoms with Gasteiger partial charge in [0, 0.05) is 30.4 Å². The lowest BCUT2D eigenvalue weighted by Crippen LogP contribution is -3.00. The fourth-order valence-electron chi connectivity index (χ4n) is 6.58. The number of benzene rings is 1. The summed E-state index contributed by atoms with van der Waals surface area (Å²) < 4.78 is 6.13. The number of quaternary nitrogens is 1. The fraction of sp³-hybridized carbons (Fsp3) is 0.500. The minimum absolute atomic E-state index is 0. The van der Waals surface area contributed by atoms with Crippen LogP contribution in [0.3, 0.4) is 0 Å². The number of ether oxygens (including phenoxy) is 1. The highest BCUT2D eigenvalue weighted by Crippen LogP contribution is 2.56. The number of rotatable bonds is 6. The molecule has 1 aromatic carbocycles. The van der Waals surface area contributed by atoms with Gasteiger partial charge in [-0.25, -0.2) is 9.78 Å². The highest BCUT2D eigenvalue weighted by atomic mass is 127. The topological polar surface area (TPSA) is 59.5 Å². The molecule has 0 radical (unpaired) electrons. The Morgan fingerprint density at radius 2 is 1.91 bits per heavy atom. The van der Waals surface area contributed by atoms with E-state index in [-0.39, 0.29) is 53.7 Å². The molecule has 2 bridgehead atoms. The number of carbonyl (C=O) groups is 2. The molecule has 5 rings (SSSR count). The van der Waals surface area contributed by atoms with Crippen LogP contribution in [-0.2, 0) is 20.9 Å². The number of esters is 1. The van der Waals surface area contributed by atoms with E-state index >= 15 is 0 Å². The zero-order chi connectivity index (χ0) is 23.9. The quantitative estimate of drug-likeness (QED) is 0.208. The van der Waals surface area contributed by atoms with Crippen molar-refractivity contribution in [1.82, 2.24) is 9.88 Å². The lowest BCUT2D eigenvalue weighted by Gasteiger charge is -2.37. The van der Waals surface area contributed by atoms with Crippen LogP contribution in [-0.4, -0.2) is 69.7 Å². The van der Waals surface area contributed by atoms with Crippen LogP contribution in [0.5, 0.6) is 0 Å². The Morgan fingerprint density at radius 3 is 2.60 bits per heavy atom. The first kappa shape index (κ1) is 26.7. The van der Waals surface area contributed by atoms with Gasteiger partial charge < -0.3 is 38.1 Å². The van der Waals surface area contributed by atoms with Crippen LogP contribution in [0.2, 0.25) is 5.15 Å². The van der Waals surface area contributed by atoms with E-state index < -0.39 is 6.04 Å². The number of carbonyl (C=O) groups excluding carboxylic acids is 2. The summed E-state index contributed by atoms with van der Waals surface area (Å²) in [5, 5.41) is 0.453. The van der Waals surface area contributed by atoms with Gasteiger partial charge in [0.2, 0.25) is 5.91 Å². The second-order valence-electron chi connectivity index (χ2n) is 9.74. The molecule has 35 heavy (non-hydrogen) atoms. The first-order valence-electron chi connectivity index (χ1n) is 12.0. The standard InChI is InChI=1S/C26H31ClN3O3S.HI/c1-3-33-26(32)19-15-34-16-29(19)25(31)24-21-11-10-20(23(24)18-9-12-22(27)28-13-18)30(21,2)14-17-7-5-4-6-8-17;/h4-9,12-13,19-21,23-24H,3,10-11,14-16H2,1-2H3;1H/q+1;/p-1. The van der Waals surface area contributed by atoms with Gasteiger partial charge in [0.1, 0.15) is 29.7 Å². The zero-order valence-corrected chi connectivity index (χ0v) is 23.7. The molecular formula is C26H31ClIN3O3S. The molecule has 6 nitrogen and oxygen atoms in total. The summed E-state index contributed by atoms with van der Waals surface area (Å²) in [5.74, 6) is 0.742. The van der Waals surface area contributed by atoms with Gasteiger partial charge in [-0.2, -0.15) is 0 Å². The maximum Gasteiger partial charge on any atom is 0.329 e. The predicted molar refractivity (Wildman–Crippen MR) is 133 cm³/mol. The van der Waals surface area contributed by atoms with Crippen molar-refractivity contribution in [3.8, 4) is 0 Å². The van der Waals surface area contributed by atoms with Gasteiger partial charge >= 0.3 is 5.97 Å². The highest BCUT2D eigenvalue weighted by Gasteiger charge is 2.66. The molecule has 0 spiro atoms. The molecule has 3 aliphatic rings. The number of hydrogen-bond acceptors (Lipinski definition) is 5. The zero-order valence-electron chi connectivity index (χ0n) is 20.0. The smallest absolute Gasteiger partial charge is 0.329 e. The van der Waals surface area contributed by atoms with Crippen LogP contribution in [0.25, 0.3) is 0 Å². The van der Waals surface area contributed by atoms with Gasteiger partial charge in [-0.1, -0.05) is 48.0 Å². The lowest BCUT2D eigenvalue weighted by molar-refractivity contribution is -0.944. The molecule has 3 saturated heterocycles. The summed E-state index contributed by atoms with van der Waals surface area (Å²) >= 11 is 7.73. The van der Waals surface area contributed by atoms with Gasteiger partial charge in [-0.15, -0.1) is 11.8 Å². The van der Waals surface area contributed by atoms with Gasteiger partial charge in [0.25, 0.3) is 0 Å². The number of halogens is 2. The van der Waals surface area contributed by atoms with Crippen molar-refractivity contribution < 1.29 is 42.8 Å². The van der Waals surface area contributed by atoms with E-state index in [9.17, 15) is 9.59 Å². The second-order valence-corrected chi connectivity index (χ2v) is 11.1. The molecule has 2 aromatic rings. The van der Waals surface area contributed by atoms with Crippen molar-refractivity contribution in [2.45, 2.75) is 50.4 Å². The molecule has 188 valence electrons. The van der Waals surface area contributed by atoms with Crippen molar-refractivity contribution >= 4 is 35.2 Å². The average Bonchev–Trinajstić information content (AvgIpc) is 3.51. The Kier molecular flexibility index (Phi) is 8.35. The van der Waals surface area contributed by atoms with E-state index in [1.807, 2.05) is 24.4 Å². The number of amides is 1. The molecule has 4 heterocycles. The SMILES string of the molecule is CCOC(=O)C1CSCN1C(=O)C1C(c2ccc(Cl)nc2)C2CCC1[N+]2(C)Cc1ccccc1.[I-]. The predicted octanol–water partition coefficient (Wildman–Crippen LogP) is 1.09. The number of pyridine rings is 1. The van der Waals surface area contributed by atoms with E-state index in [0.717, 1.165) is 29.4 Å². The van der Waals surface area contributed by atoms with E-state index in [1.165, 1.54) is 5.56 Å². The molecule has 0 saturated carbocycles. The summed E-state index contributed by atoms with van der Waals surface area (Å²) in [6, 6.07) is 14.4. The molecule has 1 amide bonds. The van der Waals surface area contributed by atoms with E-state index in [4.69, 9.17) is 16.3 Å². The Hall–Kier alpha value is -1.36. The molecular weight excluding hydrogens is 597 g/mol. The van der Waals surface area contributed by atoms with E-state index in [2.05, 4.69) is 36.3 Å². The highest BCUT2D eigenvalue weighted by molar-refractivity contribution is 7.99. The first-order chi connectivity index (χ1) is 16.4. The Labute approximate surface area is 233 Å². The Balaban J connectivity index is 0.00000289. The summed E-state index contributed by atoms with van der Waals surface area (Å²) in [4.78, 5) is 33.0. The van der Waals surface area contributed by atoms with Crippen molar-refractivity contribution in [2.75, 3.05) is 25.3 Å². The number of aromatic nitrogens is 1. The maximum absolute atomic E-state index is 14.2. The fourth-order valence-corrected chi connectivity index (χ4v) is 7.84. The number of hydrogen-bond donors (Lipinski definition) is 0. The third-order valence-corrected chi connectivity index (χ3v) is 9.24. The molecule has 0 N–H and O–H groups in total. The van der Waals surface area contributed by atoms with Crippen LogP contribution >= 0.6 is 23.4 Å². The largest absolute Gasteiger partial charge is 1.00 e. The number of fused-ring (bicyclic) bond motifs is 2. The van der Waals surface area contributed by atoms with Crippen molar-refractivity contribution in [3.05, 3.63) is 64.9 Å². The van der Waals surface area contributed by atoms with Gasteiger partial charge in [0.05, 0.1) is 31.5 Å². The minimum atomic E-state index is -0.506. The molecule has 6 atom stereocenters. The van der Waals surface area contributed by atoms with Crippen molar-refractivity contribution in [2.24, 2.45) is 5.92 Å².